The summed E-state index contributed by atoms with van der Waals surface area (Å²) in [5, 5.41) is 0. The number of nitrogens with zero attached hydrogens (tertiary/aromatic N) is 3. The van der Waals surface area contributed by atoms with E-state index in [0.717, 1.165) is 31.8 Å². The van der Waals surface area contributed by atoms with Crippen molar-refractivity contribution in [1.29, 1.82) is 0 Å². The van der Waals surface area contributed by atoms with Crippen LogP contribution >= 0.6 is 0 Å². The number of piperidine rings is 1. The summed E-state index contributed by atoms with van der Waals surface area (Å²) in [6.07, 6.45) is 4.97. The van der Waals surface area contributed by atoms with E-state index >= 15 is 0 Å². The molecule has 0 aromatic carbocycles. The molecule has 0 radical (unpaired) electrons. The molecule has 1 saturated carbocycles. The van der Waals surface area contributed by atoms with Crippen molar-refractivity contribution >= 4 is 6.09 Å². The third kappa shape index (κ3) is 5.08. The number of piperazine rings is 1. The molecule has 3 aliphatic rings. The van der Waals surface area contributed by atoms with Gasteiger partial charge in [0.05, 0.1) is 6.61 Å². The van der Waals surface area contributed by atoms with Gasteiger partial charge < -0.3 is 14.5 Å². The van der Waals surface area contributed by atoms with Crippen LogP contribution in [0.2, 0.25) is 0 Å². The summed E-state index contributed by atoms with van der Waals surface area (Å²) in [5.74, 6) is 1.41. The summed E-state index contributed by atoms with van der Waals surface area (Å²) in [6, 6.07) is 0.659. The Kier molecular flexibility index (Phi) is 5.81. The maximum Gasteiger partial charge on any atom is 0.409 e. The summed E-state index contributed by atoms with van der Waals surface area (Å²) in [7, 11) is 0. The lowest BCUT2D eigenvalue weighted by Gasteiger charge is -2.42. The zero-order valence-electron chi connectivity index (χ0n) is 14.9. The van der Waals surface area contributed by atoms with Crippen molar-refractivity contribution in [2.75, 3.05) is 52.4 Å². The Morgan fingerprint density at radius 2 is 1.65 bits per heavy atom. The maximum absolute atomic E-state index is 12.0. The number of likely N-dealkylation sites (tertiary alicyclic amines) is 1. The molecule has 2 saturated heterocycles. The molecular weight excluding hydrogens is 290 g/mol. The molecule has 0 aromatic heterocycles. The molecule has 23 heavy (non-hydrogen) atoms. The second kappa shape index (κ2) is 7.84. The van der Waals surface area contributed by atoms with Gasteiger partial charge in [0.1, 0.15) is 0 Å². The van der Waals surface area contributed by atoms with Gasteiger partial charge in [-0.15, -0.1) is 0 Å². The molecule has 0 aromatic rings. The Labute approximate surface area is 140 Å². The highest BCUT2D eigenvalue weighted by Gasteiger charge is 2.31. The molecule has 3 fully saturated rings. The molecule has 0 N–H and O–H groups in total. The fourth-order valence-electron chi connectivity index (χ4n) is 3.72. The molecule has 132 valence electrons. The smallest absolute Gasteiger partial charge is 0.409 e. The minimum Gasteiger partial charge on any atom is -0.449 e. The first-order valence-electron chi connectivity index (χ1n) is 9.50. The van der Waals surface area contributed by atoms with Crippen LogP contribution in [0.4, 0.5) is 4.79 Å². The predicted molar refractivity (Wildman–Crippen MR) is 91.5 cm³/mol. The lowest BCUT2D eigenvalue weighted by Crippen LogP contribution is -2.54. The lowest BCUT2D eigenvalue weighted by atomic mass is 10.0. The van der Waals surface area contributed by atoms with E-state index in [4.69, 9.17) is 4.74 Å². The zero-order chi connectivity index (χ0) is 16.2. The van der Waals surface area contributed by atoms with E-state index in [1.165, 1.54) is 45.6 Å². The molecule has 0 bridgehead atoms. The highest BCUT2D eigenvalue weighted by molar-refractivity contribution is 5.67. The lowest BCUT2D eigenvalue weighted by molar-refractivity contribution is 0.0455. The second-order valence-electron chi connectivity index (χ2n) is 7.97. The number of ether oxygens (including phenoxy) is 1. The van der Waals surface area contributed by atoms with Crippen LogP contribution in [0.15, 0.2) is 0 Å². The first kappa shape index (κ1) is 17.0. The first-order chi connectivity index (χ1) is 11.1. The van der Waals surface area contributed by atoms with E-state index in [1.807, 2.05) is 4.90 Å². The monoisotopic (exact) mass is 323 g/mol. The molecule has 5 nitrogen and oxygen atoms in total. The van der Waals surface area contributed by atoms with Gasteiger partial charge in [-0.1, -0.05) is 13.8 Å². The SMILES string of the molecule is CC(C)COC(=O)N1CCC(N2CCN(CC3CC3)CC2)CC1. The average Bonchev–Trinajstić information content (AvgIpc) is 3.37. The topological polar surface area (TPSA) is 36.0 Å². The Bertz CT molecular complexity index is 382. The van der Waals surface area contributed by atoms with E-state index in [0.29, 0.717) is 18.6 Å². The second-order valence-corrected chi connectivity index (χ2v) is 7.97. The third-order valence-electron chi connectivity index (χ3n) is 5.40. The van der Waals surface area contributed by atoms with Crippen LogP contribution in [0, 0.1) is 11.8 Å². The Morgan fingerprint density at radius 3 is 2.22 bits per heavy atom. The van der Waals surface area contributed by atoms with Gasteiger partial charge in [-0.3, -0.25) is 4.90 Å². The minimum atomic E-state index is -0.119. The summed E-state index contributed by atoms with van der Waals surface area (Å²) in [5.41, 5.74) is 0. The van der Waals surface area contributed by atoms with Crippen LogP contribution in [0.25, 0.3) is 0 Å². The highest BCUT2D eigenvalue weighted by Crippen LogP contribution is 2.30. The van der Waals surface area contributed by atoms with Crippen molar-refractivity contribution in [3.63, 3.8) is 0 Å². The number of carbonyl (C=O) groups is 1. The highest BCUT2D eigenvalue weighted by atomic mass is 16.6. The van der Waals surface area contributed by atoms with E-state index < -0.39 is 0 Å². The summed E-state index contributed by atoms with van der Waals surface area (Å²) >= 11 is 0. The van der Waals surface area contributed by atoms with Gasteiger partial charge in [0.2, 0.25) is 0 Å². The van der Waals surface area contributed by atoms with Gasteiger partial charge in [-0.2, -0.15) is 0 Å². The quantitative estimate of drug-likeness (QED) is 0.778. The summed E-state index contributed by atoms with van der Waals surface area (Å²) in [6.45, 7) is 12.6. The first-order valence-corrected chi connectivity index (χ1v) is 9.50. The minimum absolute atomic E-state index is 0.119. The predicted octanol–water partition coefficient (Wildman–Crippen LogP) is 2.27. The average molecular weight is 323 g/mol. The van der Waals surface area contributed by atoms with Crippen molar-refractivity contribution in [2.24, 2.45) is 11.8 Å². The molecule has 0 unspecified atom stereocenters. The molecular formula is C18H33N3O2. The van der Waals surface area contributed by atoms with E-state index in [9.17, 15) is 4.79 Å². The van der Waals surface area contributed by atoms with E-state index in [-0.39, 0.29) is 6.09 Å². The van der Waals surface area contributed by atoms with Crippen LogP contribution in [-0.4, -0.2) is 79.3 Å². The number of hydrogen-bond acceptors (Lipinski definition) is 4. The van der Waals surface area contributed by atoms with Crippen LogP contribution in [-0.2, 0) is 4.74 Å². The van der Waals surface area contributed by atoms with Gasteiger partial charge in [-0.05, 0) is 37.5 Å². The van der Waals surface area contributed by atoms with E-state index in [1.54, 1.807) is 0 Å². The number of hydrogen-bond donors (Lipinski definition) is 0. The normalized spacial score (nSPS) is 25.1. The fourth-order valence-corrected chi connectivity index (χ4v) is 3.72. The molecule has 3 rings (SSSR count). The van der Waals surface area contributed by atoms with Gasteiger partial charge in [0.25, 0.3) is 0 Å². The van der Waals surface area contributed by atoms with Crippen molar-refractivity contribution in [3.8, 4) is 0 Å². The number of rotatable bonds is 5. The Morgan fingerprint density at radius 1 is 1.00 bits per heavy atom. The van der Waals surface area contributed by atoms with Gasteiger partial charge >= 0.3 is 6.09 Å². The van der Waals surface area contributed by atoms with Crippen LogP contribution in [0.3, 0.4) is 0 Å². The summed E-state index contributed by atoms with van der Waals surface area (Å²) < 4.78 is 5.35. The van der Waals surface area contributed by atoms with Crippen molar-refractivity contribution in [1.82, 2.24) is 14.7 Å². The molecule has 2 heterocycles. The van der Waals surface area contributed by atoms with Crippen LogP contribution in [0.1, 0.15) is 39.5 Å². The van der Waals surface area contributed by atoms with Crippen molar-refractivity contribution in [2.45, 2.75) is 45.6 Å². The van der Waals surface area contributed by atoms with Gasteiger partial charge in [0.15, 0.2) is 0 Å². The standard InChI is InChI=1S/C18H33N3O2/c1-15(2)14-23-18(22)21-7-5-17(6-8-21)20-11-9-19(10-12-20)13-16-3-4-16/h15-17H,3-14H2,1-2H3. The number of carbonyl (C=O) groups excluding carboxylic acids is 1. The van der Waals surface area contributed by atoms with Crippen LogP contribution < -0.4 is 0 Å². The third-order valence-corrected chi connectivity index (χ3v) is 5.40. The van der Waals surface area contributed by atoms with Crippen molar-refractivity contribution < 1.29 is 9.53 Å². The summed E-state index contributed by atoms with van der Waals surface area (Å²) in [4.78, 5) is 19.2. The zero-order valence-corrected chi connectivity index (χ0v) is 14.9. The molecule has 1 amide bonds. The molecule has 0 atom stereocenters. The maximum atomic E-state index is 12.0. The molecule has 1 aliphatic carbocycles. The van der Waals surface area contributed by atoms with E-state index in [2.05, 4.69) is 23.6 Å². The largest absolute Gasteiger partial charge is 0.449 e. The fraction of sp³-hybridized carbons (Fsp3) is 0.944. The van der Waals surface area contributed by atoms with Crippen molar-refractivity contribution in [3.05, 3.63) is 0 Å². The molecule has 5 heteroatoms. The van der Waals surface area contributed by atoms with Gasteiger partial charge in [0, 0.05) is 51.9 Å². The molecule has 0 spiro atoms. The van der Waals surface area contributed by atoms with Gasteiger partial charge in [-0.25, -0.2) is 4.79 Å². The Hall–Kier alpha value is -0.810. The Balaban J connectivity index is 1.35. The number of amides is 1. The molecule has 2 aliphatic heterocycles. The van der Waals surface area contributed by atoms with Crippen LogP contribution in [0.5, 0.6) is 0 Å².